The van der Waals surface area contributed by atoms with Crippen molar-refractivity contribution in [3.05, 3.63) is 23.5 Å². The molecule has 0 aliphatic heterocycles. The van der Waals surface area contributed by atoms with Crippen molar-refractivity contribution in [3.63, 3.8) is 0 Å². The van der Waals surface area contributed by atoms with Crippen LogP contribution in [0.1, 0.15) is 70.2 Å². The van der Waals surface area contributed by atoms with E-state index < -0.39 is 0 Å². The molecule has 1 aromatic heterocycles. The lowest BCUT2D eigenvalue weighted by atomic mass is 10.1. The van der Waals surface area contributed by atoms with Crippen LogP contribution in [-0.2, 0) is 6.42 Å². The number of hydrogen-bond donors (Lipinski definition) is 1. The molecule has 0 aliphatic carbocycles. The van der Waals surface area contributed by atoms with Crippen LogP contribution in [0.5, 0.6) is 5.75 Å². The van der Waals surface area contributed by atoms with E-state index in [1.165, 1.54) is 38.5 Å². The summed E-state index contributed by atoms with van der Waals surface area (Å²) in [7, 11) is 0. The summed E-state index contributed by atoms with van der Waals surface area (Å²) in [6.45, 7) is 7.04. The molecule has 0 radical (unpaired) electrons. The van der Waals surface area contributed by atoms with Crippen LogP contribution >= 0.6 is 0 Å². The molecule has 1 unspecified atom stereocenters. The summed E-state index contributed by atoms with van der Waals surface area (Å²) in [5.74, 6) is 0.906. The average Bonchev–Trinajstić information content (AvgIpc) is 2.43. The Morgan fingerprint density at radius 1 is 1.10 bits per heavy atom. The van der Waals surface area contributed by atoms with Crippen molar-refractivity contribution in [2.75, 3.05) is 6.61 Å². The first kappa shape index (κ1) is 18.0. The van der Waals surface area contributed by atoms with E-state index >= 15 is 0 Å². The highest BCUT2D eigenvalue weighted by Gasteiger charge is 2.08. The number of unbranched alkanes of at least 4 members (excludes halogenated alkanes) is 6. The third-order valence-corrected chi connectivity index (χ3v) is 3.59. The Morgan fingerprint density at radius 2 is 1.76 bits per heavy atom. The molecule has 0 aliphatic rings. The Kier molecular flexibility index (Phi) is 9.07. The molecule has 1 rings (SSSR count). The van der Waals surface area contributed by atoms with E-state index in [1.807, 2.05) is 26.0 Å². The quantitative estimate of drug-likeness (QED) is 0.615. The fraction of sp³-hybridized carbons (Fsp3) is 0.722. The lowest BCUT2D eigenvalue weighted by Gasteiger charge is -2.13. The van der Waals surface area contributed by atoms with E-state index in [1.54, 1.807) is 0 Å². The number of aromatic nitrogens is 1. The van der Waals surface area contributed by atoms with Crippen LogP contribution in [0, 0.1) is 6.92 Å². The number of ether oxygens (including phenoxy) is 1. The molecule has 1 atom stereocenters. The second-order valence-electron chi connectivity index (χ2n) is 6.05. The molecule has 0 saturated carbocycles. The van der Waals surface area contributed by atoms with Crippen molar-refractivity contribution in [1.29, 1.82) is 0 Å². The van der Waals surface area contributed by atoms with Gasteiger partial charge in [-0.2, -0.15) is 0 Å². The minimum Gasteiger partial charge on any atom is -0.492 e. The summed E-state index contributed by atoms with van der Waals surface area (Å²) in [5.41, 5.74) is 7.90. The van der Waals surface area contributed by atoms with E-state index in [-0.39, 0.29) is 6.04 Å². The predicted octanol–water partition coefficient (Wildman–Crippen LogP) is 4.41. The van der Waals surface area contributed by atoms with E-state index in [0.717, 1.165) is 36.6 Å². The second kappa shape index (κ2) is 10.6. The van der Waals surface area contributed by atoms with E-state index in [9.17, 15) is 0 Å². The summed E-state index contributed by atoms with van der Waals surface area (Å²) in [4.78, 5) is 4.56. The van der Waals surface area contributed by atoms with E-state index in [4.69, 9.17) is 10.5 Å². The summed E-state index contributed by atoms with van der Waals surface area (Å²) in [5, 5.41) is 0. The van der Waals surface area contributed by atoms with Gasteiger partial charge in [0.2, 0.25) is 0 Å². The first-order valence-corrected chi connectivity index (χ1v) is 8.48. The molecule has 120 valence electrons. The van der Waals surface area contributed by atoms with Gasteiger partial charge < -0.3 is 10.5 Å². The molecule has 3 heteroatoms. The van der Waals surface area contributed by atoms with Gasteiger partial charge in [-0.1, -0.05) is 45.4 Å². The molecular formula is C18H32N2O. The predicted molar refractivity (Wildman–Crippen MR) is 89.8 cm³/mol. The van der Waals surface area contributed by atoms with Gasteiger partial charge in [-0.25, -0.2) is 0 Å². The van der Waals surface area contributed by atoms with Crippen molar-refractivity contribution in [2.45, 2.75) is 78.2 Å². The monoisotopic (exact) mass is 292 g/mol. The third kappa shape index (κ3) is 8.05. The van der Waals surface area contributed by atoms with Crippen molar-refractivity contribution in [2.24, 2.45) is 5.73 Å². The zero-order chi connectivity index (χ0) is 15.5. The first-order chi connectivity index (χ1) is 10.1. The third-order valence-electron chi connectivity index (χ3n) is 3.59. The molecule has 0 amide bonds. The van der Waals surface area contributed by atoms with Gasteiger partial charge >= 0.3 is 0 Å². The molecule has 1 heterocycles. The number of pyridine rings is 1. The summed E-state index contributed by atoms with van der Waals surface area (Å²) in [6.07, 6.45) is 9.88. The Bertz CT molecular complexity index is 391. The molecular weight excluding hydrogens is 260 g/mol. The van der Waals surface area contributed by atoms with Gasteiger partial charge in [0.1, 0.15) is 5.75 Å². The largest absolute Gasteiger partial charge is 0.492 e. The summed E-state index contributed by atoms with van der Waals surface area (Å²) < 4.78 is 5.90. The first-order valence-electron chi connectivity index (χ1n) is 8.48. The average molecular weight is 292 g/mol. The van der Waals surface area contributed by atoms with Crippen LogP contribution < -0.4 is 10.5 Å². The fourth-order valence-electron chi connectivity index (χ4n) is 2.42. The van der Waals surface area contributed by atoms with Crippen molar-refractivity contribution >= 4 is 0 Å². The zero-order valence-corrected chi connectivity index (χ0v) is 14.0. The Balaban J connectivity index is 2.28. The number of aryl methyl sites for hydroxylation is 1. The van der Waals surface area contributed by atoms with Crippen LogP contribution in [0.25, 0.3) is 0 Å². The van der Waals surface area contributed by atoms with Gasteiger partial charge in [0.25, 0.3) is 0 Å². The van der Waals surface area contributed by atoms with Gasteiger partial charge in [0.05, 0.1) is 12.3 Å². The van der Waals surface area contributed by atoms with E-state index in [2.05, 4.69) is 11.9 Å². The molecule has 0 bridgehead atoms. The number of nitrogens with zero attached hydrogens (tertiary/aromatic N) is 1. The number of nitrogens with two attached hydrogens (primary N) is 1. The molecule has 0 spiro atoms. The summed E-state index contributed by atoms with van der Waals surface area (Å²) >= 11 is 0. The molecule has 0 aromatic carbocycles. The molecule has 1 aromatic rings. The standard InChI is InChI=1S/C18H32N2O/c1-4-5-6-7-8-9-10-13-21-18-12-11-16(3)20-17(18)14-15(2)19/h11-12,15H,4-10,13-14,19H2,1-3H3. The van der Waals surface area contributed by atoms with Crippen molar-refractivity contribution < 1.29 is 4.74 Å². The van der Waals surface area contributed by atoms with E-state index in [0.29, 0.717) is 0 Å². The molecule has 0 fully saturated rings. The molecule has 0 saturated heterocycles. The second-order valence-corrected chi connectivity index (χ2v) is 6.05. The SMILES string of the molecule is CCCCCCCCCOc1ccc(C)nc1CC(C)N. The van der Waals surface area contributed by atoms with Gasteiger partial charge in [-0.05, 0) is 32.4 Å². The number of hydrogen-bond acceptors (Lipinski definition) is 3. The Labute approximate surface area is 130 Å². The van der Waals surface area contributed by atoms with Crippen LogP contribution in [0.3, 0.4) is 0 Å². The molecule has 2 N–H and O–H groups in total. The minimum absolute atomic E-state index is 0.111. The van der Waals surface area contributed by atoms with Gasteiger partial charge in [0.15, 0.2) is 0 Å². The van der Waals surface area contributed by atoms with Gasteiger partial charge in [0, 0.05) is 18.2 Å². The van der Waals surface area contributed by atoms with Crippen LogP contribution in [0.15, 0.2) is 12.1 Å². The molecule has 3 nitrogen and oxygen atoms in total. The van der Waals surface area contributed by atoms with Crippen molar-refractivity contribution in [3.8, 4) is 5.75 Å². The Morgan fingerprint density at radius 3 is 2.43 bits per heavy atom. The maximum Gasteiger partial charge on any atom is 0.140 e. The smallest absolute Gasteiger partial charge is 0.140 e. The zero-order valence-electron chi connectivity index (χ0n) is 14.0. The lowest BCUT2D eigenvalue weighted by molar-refractivity contribution is 0.299. The lowest BCUT2D eigenvalue weighted by Crippen LogP contribution is -2.19. The van der Waals surface area contributed by atoms with Crippen LogP contribution in [0.4, 0.5) is 0 Å². The molecule has 21 heavy (non-hydrogen) atoms. The minimum atomic E-state index is 0.111. The van der Waals surface area contributed by atoms with Gasteiger partial charge in [-0.15, -0.1) is 0 Å². The Hall–Kier alpha value is -1.09. The number of rotatable bonds is 11. The summed E-state index contributed by atoms with van der Waals surface area (Å²) in [6, 6.07) is 4.15. The van der Waals surface area contributed by atoms with Crippen molar-refractivity contribution in [1.82, 2.24) is 4.98 Å². The highest BCUT2D eigenvalue weighted by molar-refractivity contribution is 5.29. The normalized spacial score (nSPS) is 12.4. The highest BCUT2D eigenvalue weighted by Crippen LogP contribution is 2.19. The van der Waals surface area contributed by atoms with Crippen LogP contribution in [-0.4, -0.2) is 17.6 Å². The highest BCUT2D eigenvalue weighted by atomic mass is 16.5. The maximum absolute atomic E-state index is 5.90. The maximum atomic E-state index is 5.90. The van der Waals surface area contributed by atoms with Gasteiger partial charge in [-0.3, -0.25) is 4.98 Å². The fourth-order valence-corrected chi connectivity index (χ4v) is 2.42. The topological polar surface area (TPSA) is 48.1 Å². The van der Waals surface area contributed by atoms with Crippen LogP contribution in [0.2, 0.25) is 0 Å².